The molecule has 0 saturated carbocycles. The van der Waals surface area contributed by atoms with Gasteiger partial charge < -0.3 is 14.8 Å². The van der Waals surface area contributed by atoms with E-state index in [1.54, 1.807) is 0 Å². The number of H-pyrrole nitrogens is 1. The third-order valence-corrected chi connectivity index (χ3v) is 4.61. The molecular formula is C17H20BrN3O3. The van der Waals surface area contributed by atoms with E-state index in [4.69, 9.17) is 9.84 Å². The largest absolute Gasteiger partial charge is 0.396 e. The maximum atomic E-state index is 12.9. The van der Waals surface area contributed by atoms with Crippen LogP contribution in [0.3, 0.4) is 0 Å². The molecule has 1 saturated heterocycles. The predicted molar refractivity (Wildman–Crippen MR) is 93.4 cm³/mol. The summed E-state index contributed by atoms with van der Waals surface area (Å²) in [5, 5.41) is 9.00. The summed E-state index contributed by atoms with van der Waals surface area (Å²) in [6.07, 6.45) is -0.150. The summed E-state index contributed by atoms with van der Waals surface area (Å²) in [4.78, 5) is 16.1. The number of hydrogen-bond acceptors (Lipinski definition) is 5. The summed E-state index contributed by atoms with van der Waals surface area (Å²) in [7, 11) is 0. The SMILES string of the molecule is Cc1[nH]c(C2NNC(CCO)O2)c(C)c1C(=O)c1cccc(Br)c1. The second-order valence-corrected chi connectivity index (χ2v) is 6.72. The molecule has 24 heavy (non-hydrogen) atoms. The molecule has 2 unspecified atom stereocenters. The molecule has 0 radical (unpaired) electrons. The lowest BCUT2D eigenvalue weighted by Gasteiger charge is -2.10. The number of hydrazine groups is 1. The van der Waals surface area contributed by atoms with Crippen molar-refractivity contribution in [3.05, 3.63) is 56.8 Å². The highest BCUT2D eigenvalue weighted by atomic mass is 79.9. The summed E-state index contributed by atoms with van der Waals surface area (Å²) in [5.74, 6) is -0.0216. The number of rotatable bonds is 5. The molecule has 1 fully saturated rings. The van der Waals surface area contributed by atoms with E-state index in [1.165, 1.54) is 0 Å². The third kappa shape index (κ3) is 3.31. The maximum absolute atomic E-state index is 12.9. The molecule has 1 aliphatic heterocycles. The van der Waals surface area contributed by atoms with E-state index in [9.17, 15) is 4.79 Å². The lowest BCUT2D eigenvalue weighted by molar-refractivity contribution is 0.0191. The summed E-state index contributed by atoms with van der Waals surface area (Å²) < 4.78 is 6.68. The Balaban J connectivity index is 1.89. The molecule has 2 heterocycles. The average Bonchev–Trinajstić information content (AvgIpc) is 3.12. The van der Waals surface area contributed by atoms with Gasteiger partial charge in [-0.2, -0.15) is 0 Å². The number of aryl methyl sites for hydroxylation is 1. The van der Waals surface area contributed by atoms with Crippen molar-refractivity contribution in [2.24, 2.45) is 0 Å². The van der Waals surface area contributed by atoms with Gasteiger partial charge >= 0.3 is 0 Å². The first-order valence-corrected chi connectivity index (χ1v) is 8.57. The number of ketones is 1. The molecule has 4 N–H and O–H groups in total. The predicted octanol–water partition coefficient (Wildman–Crippen LogP) is 2.46. The lowest BCUT2D eigenvalue weighted by atomic mass is 9.99. The smallest absolute Gasteiger partial charge is 0.195 e. The van der Waals surface area contributed by atoms with E-state index in [2.05, 4.69) is 31.8 Å². The van der Waals surface area contributed by atoms with Gasteiger partial charge in [0.15, 0.2) is 12.0 Å². The van der Waals surface area contributed by atoms with Gasteiger partial charge in [0.1, 0.15) is 6.23 Å². The zero-order valence-electron chi connectivity index (χ0n) is 13.5. The molecule has 1 aromatic heterocycles. The number of aliphatic hydroxyl groups excluding tert-OH is 1. The van der Waals surface area contributed by atoms with E-state index in [1.807, 2.05) is 38.1 Å². The van der Waals surface area contributed by atoms with Gasteiger partial charge in [-0.25, -0.2) is 10.9 Å². The summed E-state index contributed by atoms with van der Waals surface area (Å²) >= 11 is 3.40. The minimum atomic E-state index is -0.385. The third-order valence-electron chi connectivity index (χ3n) is 4.12. The molecule has 128 valence electrons. The van der Waals surface area contributed by atoms with Crippen molar-refractivity contribution in [2.75, 3.05) is 6.61 Å². The molecule has 0 amide bonds. The molecule has 3 rings (SSSR count). The van der Waals surface area contributed by atoms with E-state index in [-0.39, 0.29) is 24.8 Å². The van der Waals surface area contributed by atoms with Crippen LogP contribution in [0.25, 0.3) is 0 Å². The Bertz CT molecular complexity index is 760. The van der Waals surface area contributed by atoms with Crippen LogP contribution in [0.4, 0.5) is 0 Å². The first-order valence-electron chi connectivity index (χ1n) is 7.78. The minimum Gasteiger partial charge on any atom is -0.396 e. The molecule has 6 nitrogen and oxygen atoms in total. The monoisotopic (exact) mass is 393 g/mol. The second-order valence-electron chi connectivity index (χ2n) is 5.81. The molecule has 2 atom stereocenters. The molecule has 1 aromatic carbocycles. The van der Waals surface area contributed by atoms with Gasteiger partial charge in [-0.3, -0.25) is 4.79 Å². The highest BCUT2D eigenvalue weighted by Gasteiger charge is 2.30. The molecule has 0 spiro atoms. The summed E-state index contributed by atoms with van der Waals surface area (Å²) in [5.41, 5.74) is 9.82. The van der Waals surface area contributed by atoms with Crippen LogP contribution in [0.5, 0.6) is 0 Å². The first-order chi connectivity index (χ1) is 11.5. The first kappa shape index (κ1) is 17.3. The van der Waals surface area contributed by atoms with Crippen LogP contribution in [0, 0.1) is 13.8 Å². The van der Waals surface area contributed by atoms with Gasteiger partial charge in [-0.05, 0) is 31.5 Å². The van der Waals surface area contributed by atoms with Gasteiger partial charge in [0.2, 0.25) is 0 Å². The number of ether oxygens (including phenoxy) is 1. The number of benzene rings is 1. The molecule has 1 aliphatic rings. The number of aromatic nitrogens is 1. The van der Waals surface area contributed by atoms with Gasteiger partial charge in [-0.1, -0.05) is 28.1 Å². The number of nitrogens with one attached hydrogen (secondary N) is 3. The standard InChI is InChI=1S/C17H20BrN3O3/c1-9-14(16(23)11-4-3-5-12(18)8-11)10(2)19-15(9)17-21-20-13(24-17)6-7-22/h3-5,8,13,17,19-22H,6-7H2,1-2H3. The van der Waals surface area contributed by atoms with Crippen LogP contribution in [-0.2, 0) is 4.74 Å². The van der Waals surface area contributed by atoms with E-state index >= 15 is 0 Å². The van der Waals surface area contributed by atoms with Crippen molar-refractivity contribution in [3.8, 4) is 0 Å². The normalized spacial score (nSPS) is 20.5. The fourth-order valence-corrected chi connectivity index (χ4v) is 3.35. The topological polar surface area (TPSA) is 86.4 Å². The molecule has 0 bridgehead atoms. The van der Waals surface area contributed by atoms with Crippen molar-refractivity contribution in [1.29, 1.82) is 0 Å². The highest BCUT2D eigenvalue weighted by molar-refractivity contribution is 9.10. The zero-order valence-corrected chi connectivity index (χ0v) is 15.1. The molecule has 0 aliphatic carbocycles. The van der Waals surface area contributed by atoms with Crippen LogP contribution in [0.1, 0.15) is 45.5 Å². The van der Waals surface area contributed by atoms with Gasteiger partial charge in [-0.15, -0.1) is 0 Å². The number of aromatic amines is 1. The Morgan fingerprint density at radius 3 is 2.83 bits per heavy atom. The quantitative estimate of drug-likeness (QED) is 0.586. The second kappa shape index (κ2) is 7.16. The number of halogens is 1. The van der Waals surface area contributed by atoms with Crippen LogP contribution < -0.4 is 10.9 Å². The molecular weight excluding hydrogens is 374 g/mol. The van der Waals surface area contributed by atoms with Gasteiger partial charge in [0.05, 0.1) is 5.69 Å². The Kier molecular flexibility index (Phi) is 5.17. The van der Waals surface area contributed by atoms with Crippen LogP contribution in [-0.4, -0.2) is 28.7 Å². The fourth-order valence-electron chi connectivity index (χ4n) is 2.95. The fraction of sp³-hybridized carbons (Fsp3) is 0.353. The van der Waals surface area contributed by atoms with Crippen LogP contribution >= 0.6 is 15.9 Å². The van der Waals surface area contributed by atoms with Crippen molar-refractivity contribution < 1.29 is 14.6 Å². The van der Waals surface area contributed by atoms with E-state index in [0.29, 0.717) is 17.5 Å². The molecule has 2 aromatic rings. The lowest BCUT2D eigenvalue weighted by Crippen LogP contribution is -2.31. The molecule has 7 heteroatoms. The highest BCUT2D eigenvalue weighted by Crippen LogP contribution is 2.29. The van der Waals surface area contributed by atoms with E-state index in [0.717, 1.165) is 21.4 Å². The number of hydrogen-bond donors (Lipinski definition) is 4. The average molecular weight is 394 g/mol. The van der Waals surface area contributed by atoms with Crippen molar-refractivity contribution >= 4 is 21.7 Å². The Labute approximate surface area is 148 Å². The number of carbonyl (C=O) groups is 1. The summed E-state index contributed by atoms with van der Waals surface area (Å²) in [6.45, 7) is 3.84. The summed E-state index contributed by atoms with van der Waals surface area (Å²) in [6, 6.07) is 7.36. The van der Waals surface area contributed by atoms with Crippen LogP contribution in [0.15, 0.2) is 28.7 Å². The van der Waals surface area contributed by atoms with Gasteiger partial charge in [0.25, 0.3) is 0 Å². The van der Waals surface area contributed by atoms with Gasteiger partial charge in [0, 0.05) is 34.3 Å². The van der Waals surface area contributed by atoms with Crippen molar-refractivity contribution in [3.63, 3.8) is 0 Å². The van der Waals surface area contributed by atoms with Crippen LogP contribution in [0.2, 0.25) is 0 Å². The number of aliphatic hydroxyl groups is 1. The van der Waals surface area contributed by atoms with Crippen molar-refractivity contribution in [2.45, 2.75) is 32.7 Å². The number of carbonyl (C=O) groups excluding carboxylic acids is 1. The zero-order chi connectivity index (χ0) is 17.3. The minimum absolute atomic E-state index is 0.0216. The Hall–Kier alpha value is -1.51. The Morgan fingerprint density at radius 1 is 1.33 bits per heavy atom. The maximum Gasteiger partial charge on any atom is 0.195 e. The van der Waals surface area contributed by atoms with E-state index < -0.39 is 0 Å². The van der Waals surface area contributed by atoms with Crippen molar-refractivity contribution in [1.82, 2.24) is 15.8 Å². The Morgan fingerprint density at radius 2 is 2.12 bits per heavy atom.